The lowest BCUT2D eigenvalue weighted by molar-refractivity contribution is 0.0567. The Hall–Kier alpha value is -0.300. The maximum Gasteiger partial charge on any atom is 0.413 e. The summed E-state index contributed by atoms with van der Waals surface area (Å²) < 4.78 is 7.17. The summed E-state index contributed by atoms with van der Waals surface area (Å²) in [6.45, 7) is 17.2. The normalized spacial score (nSPS) is 13.5. The summed E-state index contributed by atoms with van der Waals surface area (Å²) in [5.74, 6) is 0.374. The molecular weight excluding hydrogens is 233 g/mol. The minimum atomic E-state index is -0.214. The van der Waals surface area contributed by atoms with Crippen LogP contribution in [0.1, 0.15) is 48.5 Å². The summed E-state index contributed by atoms with van der Waals surface area (Å²) in [7, 11) is 0.416. The van der Waals surface area contributed by atoms with Crippen molar-refractivity contribution in [2.24, 2.45) is 11.3 Å². The number of hydrogen-bond donors (Lipinski definition) is 0. The van der Waals surface area contributed by atoms with Crippen LogP contribution in [0.5, 0.6) is 0 Å². The number of carbonyl (C=O) groups is 1. The summed E-state index contributed by atoms with van der Waals surface area (Å²) in [6, 6.07) is 0. The van der Waals surface area contributed by atoms with Gasteiger partial charge in [0.05, 0.1) is 6.61 Å². The molecule has 0 spiro atoms. The van der Waals surface area contributed by atoms with Crippen LogP contribution in [0.4, 0.5) is 4.79 Å². The molecule has 0 radical (unpaired) electrons. The standard InChI is InChI=1S/C13H28NO2P/c1-10(2)9-16-11(15)14(17-8)13(6,7)12(3,4)5/h10,17H,9H2,1-8H3. The lowest BCUT2D eigenvalue weighted by Crippen LogP contribution is -2.51. The summed E-state index contributed by atoms with van der Waals surface area (Å²) in [5, 5.41) is 0. The van der Waals surface area contributed by atoms with Gasteiger partial charge in [0.15, 0.2) is 0 Å². The minimum absolute atomic E-state index is 0.0207. The number of carbonyl (C=O) groups excluding carboxylic acids is 1. The first-order chi connectivity index (χ1) is 7.54. The highest BCUT2D eigenvalue weighted by molar-refractivity contribution is 7.35. The zero-order valence-corrected chi connectivity index (χ0v) is 13.5. The van der Waals surface area contributed by atoms with Crippen molar-refractivity contribution in [3.63, 3.8) is 0 Å². The second kappa shape index (κ2) is 6.04. The van der Waals surface area contributed by atoms with Crippen molar-refractivity contribution in [1.29, 1.82) is 0 Å². The number of hydrogen-bond acceptors (Lipinski definition) is 2. The first kappa shape index (κ1) is 16.7. The molecule has 0 saturated carbocycles. The van der Waals surface area contributed by atoms with Gasteiger partial charge in [-0.05, 0) is 40.6 Å². The molecule has 1 atom stereocenters. The van der Waals surface area contributed by atoms with Crippen LogP contribution >= 0.6 is 8.73 Å². The Morgan fingerprint density at radius 2 is 1.71 bits per heavy atom. The molecule has 0 aromatic carbocycles. The Labute approximate surface area is 108 Å². The Bertz CT molecular complexity index is 257. The number of rotatable bonds is 4. The van der Waals surface area contributed by atoms with Crippen molar-refractivity contribution in [2.45, 2.75) is 54.0 Å². The molecule has 102 valence electrons. The minimum Gasteiger partial charge on any atom is -0.449 e. The highest BCUT2D eigenvalue weighted by atomic mass is 31.1. The molecule has 1 unspecified atom stereocenters. The third-order valence-corrected chi connectivity index (χ3v) is 4.53. The second-order valence-corrected chi connectivity index (χ2v) is 7.23. The molecule has 0 fully saturated rings. The Morgan fingerprint density at radius 1 is 1.24 bits per heavy atom. The lowest BCUT2D eigenvalue weighted by atomic mass is 9.76. The Morgan fingerprint density at radius 3 is 2.00 bits per heavy atom. The van der Waals surface area contributed by atoms with Gasteiger partial charge in [-0.2, -0.15) is 0 Å². The average Bonchev–Trinajstić information content (AvgIpc) is 2.13. The van der Waals surface area contributed by atoms with Gasteiger partial charge < -0.3 is 4.74 Å². The number of amides is 1. The molecule has 0 aromatic rings. The van der Waals surface area contributed by atoms with E-state index in [-0.39, 0.29) is 17.0 Å². The van der Waals surface area contributed by atoms with Crippen molar-refractivity contribution >= 4 is 14.8 Å². The Kier molecular flexibility index (Phi) is 5.93. The van der Waals surface area contributed by atoms with E-state index in [2.05, 4.69) is 34.6 Å². The van der Waals surface area contributed by atoms with E-state index in [1.54, 1.807) is 0 Å². The van der Waals surface area contributed by atoms with Crippen LogP contribution in [-0.4, -0.2) is 29.6 Å². The monoisotopic (exact) mass is 261 g/mol. The SMILES string of the molecule is CPN(C(=O)OCC(C)C)C(C)(C)C(C)(C)C. The van der Waals surface area contributed by atoms with E-state index in [4.69, 9.17) is 4.74 Å². The van der Waals surface area contributed by atoms with Crippen LogP contribution in [0, 0.1) is 11.3 Å². The predicted molar refractivity (Wildman–Crippen MR) is 75.8 cm³/mol. The summed E-state index contributed by atoms with van der Waals surface area (Å²) in [5.41, 5.74) is -0.193. The van der Waals surface area contributed by atoms with Gasteiger partial charge in [0, 0.05) is 5.54 Å². The zero-order valence-electron chi connectivity index (χ0n) is 12.5. The predicted octanol–water partition coefficient (Wildman–Crippen LogP) is 4.13. The summed E-state index contributed by atoms with van der Waals surface area (Å²) >= 11 is 0. The number of ether oxygens (including phenoxy) is 1. The second-order valence-electron chi connectivity index (χ2n) is 6.34. The molecule has 0 aliphatic heterocycles. The molecule has 0 aliphatic carbocycles. The van der Waals surface area contributed by atoms with Crippen molar-refractivity contribution < 1.29 is 9.53 Å². The average molecular weight is 261 g/mol. The molecule has 0 heterocycles. The molecule has 17 heavy (non-hydrogen) atoms. The van der Waals surface area contributed by atoms with Gasteiger partial charge in [-0.1, -0.05) is 34.6 Å². The first-order valence-corrected chi connectivity index (χ1v) is 7.63. The van der Waals surface area contributed by atoms with E-state index in [1.807, 2.05) is 25.2 Å². The smallest absolute Gasteiger partial charge is 0.413 e. The number of nitrogens with zero attached hydrogens (tertiary/aromatic N) is 1. The molecule has 3 nitrogen and oxygen atoms in total. The van der Waals surface area contributed by atoms with Gasteiger partial charge in [0.2, 0.25) is 0 Å². The van der Waals surface area contributed by atoms with Crippen LogP contribution in [0.15, 0.2) is 0 Å². The quantitative estimate of drug-likeness (QED) is 0.712. The fourth-order valence-corrected chi connectivity index (χ4v) is 2.38. The van der Waals surface area contributed by atoms with Crippen molar-refractivity contribution in [3.8, 4) is 0 Å². The molecule has 0 saturated heterocycles. The largest absolute Gasteiger partial charge is 0.449 e. The third kappa shape index (κ3) is 4.46. The van der Waals surface area contributed by atoms with Gasteiger partial charge in [-0.25, -0.2) is 4.79 Å². The first-order valence-electron chi connectivity index (χ1n) is 6.18. The van der Waals surface area contributed by atoms with E-state index >= 15 is 0 Å². The van der Waals surface area contributed by atoms with Crippen molar-refractivity contribution in [2.75, 3.05) is 13.3 Å². The molecule has 0 N–H and O–H groups in total. The van der Waals surface area contributed by atoms with Crippen LogP contribution in [0.2, 0.25) is 0 Å². The fraction of sp³-hybridized carbons (Fsp3) is 0.923. The molecule has 4 heteroatoms. The van der Waals surface area contributed by atoms with Gasteiger partial charge in [-0.3, -0.25) is 4.67 Å². The highest BCUT2D eigenvalue weighted by Crippen LogP contribution is 2.40. The van der Waals surface area contributed by atoms with Crippen LogP contribution in [0.25, 0.3) is 0 Å². The van der Waals surface area contributed by atoms with Crippen LogP contribution < -0.4 is 0 Å². The summed E-state index contributed by atoms with van der Waals surface area (Å²) in [6.07, 6.45) is -0.195. The highest BCUT2D eigenvalue weighted by Gasteiger charge is 2.41. The fourth-order valence-electron chi connectivity index (χ4n) is 1.24. The van der Waals surface area contributed by atoms with E-state index in [9.17, 15) is 4.79 Å². The summed E-state index contributed by atoms with van der Waals surface area (Å²) in [4.78, 5) is 12.1. The van der Waals surface area contributed by atoms with Gasteiger partial charge >= 0.3 is 6.09 Å². The molecular formula is C13H28NO2P. The van der Waals surface area contributed by atoms with E-state index in [0.29, 0.717) is 21.3 Å². The molecule has 0 bridgehead atoms. The van der Waals surface area contributed by atoms with Crippen LogP contribution in [0.3, 0.4) is 0 Å². The van der Waals surface area contributed by atoms with Gasteiger partial charge in [0.1, 0.15) is 0 Å². The van der Waals surface area contributed by atoms with Crippen molar-refractivity contribution in [1.82, 2.24) is 4.67 Å². The van der Waals surface area contributed by atoms with E-state index < -0.39 is 0 Å². The van der Waals surface area contributed by atoms with E-state index in [0.717, 1.165) is 0 Å². The topological polar surface area (TPSA) is 29.5 Å². The maximum absolute atomic E-state index is 12.1. The zero-order chi connectivity index (χ0) is 13.9. The van der Waals surface area contributed by atoms with Gasteiger partial charge in [-0.15, -0.1) is 0 Å². The van der Waals surface area contributed by atoms with Crippen LogP contribution in [-0.2, 0) is 4.74 Å². The molecule has 0 rings (SSSR count). The maximum atomic E-state index is 12.1. The Balaban J connectivity index is 4.78. The molecule has 0 aromatic heterocycles. The van der Waals surface area contributed by atoms with Gasteiger partial charge in [0.25, 0.3) is 0 Å². The third-order valence-electron chi connectivity index (χ3n) is 3.34. The molecule has 1 amide bonds. The van der Waals surface area contributed by atoms with Crippen molar-refractivity contribution in [3.05, 3.63) is 0 Å². The van der Waals surface area contributed by atoms with E-state index in [1.165, 1.54) is 0 Å². The molecule has 0 aliphatic rings. The lowest BCUT2D eigenvalue weighted by Gasteiger charge is -2.46.